The fourth-order valence-electron chi connectivity index (χ4n) is 3.35. The largest absolute Gasteiger partial charge is 0.384 e. The lowest BCUT2D eigenvalue weighted by atomic mass is 9.99. The second-order valence-electron chi connectivity index (χ2n) is 6.43. The summed E-state index contributed by atoms with van der Waals surface area (Å²) in [4.78, 5) is 48.4. The first-order valence-electron chi connectivity index (χ1n) is 8.50. The summed E-state index contributed by atoms with van der Waals surface area (Å²) >= 11 is 0. The van der Waals surface area contributed by atoms with Crippen LogP contribution in [0.1, 0.15) is 38.0 Å². The van der Waals surface area contributed by atoms with Crippen molar-refractivity contribution in [3.8, 4) is 16.8 Å². The molecule has 1 aromatic heterocycles. The van der Waals surface area contributed by atoms with E-state index >= 15 is 0 Å². The minimum Gasteiger partial charge on any atom is -0.384 e. The van der Waals surface area contributed by atoms with Crippen LogP contribution in [0.15, 0.2) is 59.4 Å². The summed E-state index contributed by atoms with van der Waals surface area (Å²) < 4.78 is 1.20. The number of amides is 2. The summed E-state index contributed by atoms with van der Waals surface area (Å²) in [5.74, 6) is -1.47. The number of carbonyl (C=O) groups excluding carboxylic acids is 3. The molecule has 0 aliphatic carbocycles. The number of rotatable bonds is 3. The van der Waals surface area contributed by atoms with Crippen molar-refractivity contribution in [2.24, 2.45) is 0 Å². The molecule has 2 aromatic carbocycles. The van der Waals surface area contributed by atoms with E-state index in [4.69, 9.17) is 5.73 Å². The fourth-order valence-corrected chi connectivity index (χ4v) is 3.35. The van der Waals surface area contributed by atoms with E-state index in [0.717, 1.165) is 11.6 Å². The fraction of sp³-hybridized carbons (Fsp3) is 0.0476. The second-order valence-corrected chi connectivity index (χ2v) is 6.43. The molecule has 0 saturated heterocycles. The van der Waals surface area contributed by atoms with E-state index in [-0.39, 0.29) is 22.7 Å². The zero-order chi connectivity index (χ0) is 20.0. The molecule has 1 aliphatic heterocycles. The number of nitrogens with two attached hydrogens (primary N) is 1. The average Bonchev–Trinajstić information content (AvgIpc) is 2.96. The van der Waals surface area contributed by atoms with Crippen molar-refractivity contribution in [2.45, 2.75) is 6.92 Å². The van der Waals surface area contributed by atoms with Crippen molar-refractivity contribution >= 4 is 23.4 Å². The van der Waals surface area contributed by atoms with Gasteiger partial charge in [-0.15, -0.1) is 0 Å². The van der Waals surface area contributed by atoms with Crippen LogP contribution in [0, 0.1) is 0 Å². The molecule has 0 unspecified atom stereocenters. The Balaban J connectivity index is 1.99. The minimum atomic E-state index is -0.640. The van der Waals surface area contributed by atoms with E-state index in [1.807, 2.05) is 6.07 Å². The van der Waals surface area contributed by atoms with Crippen LogP contribution >= 0.6 is 0 Å². The summed E-state index contributed by atoms with van der Waals surface area (Å²) in [5.41, 5.74) is 7.92. The molecule has 4 rings (SSSR count). The van der Waals surface area contributed by atoms with Gasteiger partial charge in [-0.05, 0) is 24.6 Å². The molecule has 2 heterocycles. The number of fused-ring (bicyclic) bond motifs is 1. The predicted molar refractivity (Wildman–Crippen MR) is 104 cm³/mol. The number of hydrogen-bond acceptors (Lipinski definition) is 5. The number of anilines is 1. The summed E-state index contributed by atoms with van der Waals surface area (Å²) in [5, 5.41) is 2.15. The Bertz CT molecular complexity index is 1240. The number of ketones is 1. The Kier molecular flexibility index (Phi) is 3.93. The molecule has 7 nitrogen and oxygen atoms in total. The van der Waals surface area contributed by atoms with E-state index in [1.54, 1.807) is 42.5 Å². The third kappa shape index (κ3) is 2.61. The molecule has 0 fully saturated rings. The lowest BCUT2D eigenvalue weighted by molar-refractivity contribution is 0.0879. The number of Topliss-reactive ketones (excluding diaryl/α,β-unsaturated/α-hetero) is 1. The van der Waals surface area contributed by atoms with Crippen LogP contribution in [0.3, 0.4) is 0 Å². The predicted octanol–water partition coefficient (Wildman–Crippen LogP) is 2.17. The molecular weight excluding hydrogens is 358 g/mol. The van der Waals surface area contributed by atoms with Gasteiger partial charge in [0.05, 0.1) is 16.8 Å². The highest BCUT2D eigenvalue weighted by atomic mass is 16.2. The van der Waals surface area contributed by atoms with Gasteiger partial charge in [0.2, 0.25) is 0 Å². The zero-order valence-corrected chi connectivity index (χ0v) is 14.9. The van der Waals surface area contributed by atoms with Gasteiger partial charge in [-0.2, -0.15) is 0 Å². The van der Waals surface area contributed by atoms with Gasteiger partial charge >= 0.3 is 0 Å². The number of nitrogen functional groups attached to an aromatic ring is 1. The lowest BCUT2D eigenvalue weighted by Gasteiger charge is -2.16. The topological polar surface area (TPSA) is 111 Å². The van der Waals surface area contributed by atoms with Crippen molar-refractivity contribution in [1.29, 1.82) is 0 Å². The van der Waals surface area contributed by atoms with Gasteiger partial charge in [-0.1, -0.05) is 36.4 Å². The summed E-state index contributed by atoms with van der Waals surface area (Å²) in [6.07, 6.45) is 0. The van der Waals surface area contributed by atoms with Crippen LogP contribution in [-0.2, 0) is 0 Å². The molecule has 138 valence electrons. The van der Waals surface area contributed by atoms with Gasteiger partial charge in [0.1, 0.15) is 5.82 Å². The minimum absolute atomic E-state index is 0.0168. The highest BCUT2D eigenvalue weighted by Gasteiger charge is 2.32. The van der Waals surface area contributed by atoms with Crippen molar-refractivity contribution in [1.82, 2.24) is 9.88 Å². The first-order chi connectivity index (χ1) is 13.4. The molecule has 28 heavy (non-hydrogen) atoms. The molecule has 0 spiro atoms. The number of benzene rings is 2. The molecular formula is C21H15N3O4. The molecule has 2 amide bonds. The van der Waals surface area contributed by atoms with Crippen molar-refractivity contribution in [3.05, 3.63) is 81.6 Å². The quantitative estimate of drug-likeness (QED) is 0.540. The highest BCUT2D eigenvalue weighted by molar-refractivity contribution is 6.23. The van der Waals surface area contributed by atoms with Crippen LogP contribution in [0.25, 0.3) is 16.8 Å². The Hall–Kier alpha value is -4.00. The number of para-hydroxylation sites is 1. The van der Waals surface area contributed by atoms with Gasteiger partial charge < -0.3 is 5.73 Å². The number of aromatic nitrogens is 1. The number of nitrogens with zero attached hydrogens (tertiary/aromatic N) is 1. The maximum absolute atomic E-state index is 12.7. The SMILES string of the molecule is CC(=O)c1cccc(-c2ccccc2-n2c(N)c3c(cc2=O)C(=O)NC3=O)c1. The number of imide groups is 1. The molecule has 0 bridgehead atoms. The van der Waals surface area contributed by atoms with Gasteiger partial charge in [0.25, 0.3) is 17.4 Å². The molecule has 0 radical (unpaired) electrons. The van der Waals surface area contributed by atoms with Gasteiger partial charge in [0.15, 0.2) is 5.78 Å². The Morgan fingerprint density at radius 2 is 1.68 bits per heavy atom. The average molecular weight is 373 g/mol. The first kappa shape index (κ1) is 17.4. The maximum atomic E-state index is 12.7. The summed E-state index contributed by atoms with van der Waals surface area (Å²) in [6, 6.07) is 15.1. The van der Waals surface area contributed by atoms with Gasteiger partial charge in [-0.3, -0.25) is 29.1 Å². The van der Waals surface area contributed by atoms with Crippen molar-refractivity contribution in [2.75, 3.05) is 5.73 Å². The molecule has 0 saturated carbocycles. The normalized spacial score (nSPS) is 12.6. The van der Waals surface area contributed by atoms with Crippen LogP contribution in [-0.4, -0.2) is 22.2 Å². The van der Waals surface area contributed by atoms with E-state index in [0.29, 0.717) is 16.8 Å². The maximum Gasteiger partial charge on any atom is 0.262 e. The third-order valence-electron chi connectivity index (χ3n) is 4.68. The number of carbonyl (C=O) groups is 3. The molecule has 0 atom stereocenters. The smallest absolute Gasteiger partial charge is 0.262 e. The summed E-state index contributed by atoms with van der Waals surface area (Å²) in [6.45, 7) is 1.48. The number of nitrogens with one attached hydrogen (secondary N) is 1. The van der Waals surface area contributed by atoms with Gasteiger partial charge in [-0.25, -0.2) is 0 Å². The standard InChI is InChI=1S/C21H15N3O4/c1-11(25)12-5-4-6-13(9-12)14-7-2-3-8-16(14)24-17(26)10-15-18(19(24)22)21(28)23-20(15)27/h2-10H,22H2,1H3,(H,23,27,28). The van der Waals surface area contributed by atoms with E-state index in [2.05, 4.69) is 5.32 Å². The number of pyridine rings is 1. The van der Waals surface area contributed by atoms with E-state index < -0.39 is 17.4 Å². The molecule has 3 aromatic rings. The zero-order valence-electron chi connectivity index (χ0n) is 14.9. The van der Waals surface area contributed by atoms with Crippen LogP contribution < -0.4 is 16.6 Å². The van der Waals surface area contributed by atoms with Crippen LogP contribution in [0.5, 0.6) is 0 Å². The van der Waals surface area contributed by atoms with Crippen LogP contribution in [0.4, 0.5) is 5.82 Å². The molecule has 7 heteroatoms. The first-order valence-corrected chi connectivity index (χ1v) is 8.50. The van der Waals surface area contributed by atoms with E-state index in [9.17, 15) is 19.2 Å². The van der Waals surface area contributed by atoms with Crippen molar-refractivity contribution in [3.63, 3.8) is 0 Å². The van der Waals surface area contributed by atoms with Crippen molar-refractivity contribution < 1.29 is 14.4 Å². The third-order valence-corrected chi connectivity index (χ3v) is 4.68. The monoisotopic (exact) mass is 373 g/mol. The Morgan fingerprint density at radius 3 is 2.43 bits per heavy atom. The Morgan fingerprint density at radius 1 is 0.929 bits per heavy atom. The summed E-state index contributed by atoms with van der Waals surface area (Å²) in [7, 11) is 0. The highest BCUT2D eigenvalue weighted by Crippen LogP contribution is 2.30. The Labute approximate surface area is 159 Å². The van der Waals surface area contributed by atoms with Gasteiger partial charge in [0, 0.05) is 17.2 Å². The molecule has 3 N–H and O–H groups in total. The van der Waals surface area contributed by atoms with Crippen LogP contribution in [0.2, 0.25) is 0 Å². The molecule has 1 aliphatic rings. The second kappa shape index (κ2) is 6.31. The number of hydrogen-bond donors (Lipinski definition) is 2. The van der Waals surface area contributed by atoms with E-state index in [1.165, 1.54) is 11.5 Å². The lowest BCUT2D eigenvalue weighted by Crippen LogP contribution is -2.24.